The van der Waals surface area contributed by atoms with Gasteiger partial charge in [-0.1, -0.05) is 35.3 Å². The Hall–Kier alpha value is -2.74. The Labute approximate surface area is 142 Å². The molecule has 9 heteroatoms. The maximum atomic E-state index is 11.9. The zero-order valence-electron chi connectivity index (χ0n) is 12.9. The molecule has 24 heavy (non-hydrogen) atoms. The van der Waals surface area contributed by atoms with E-state index in [-0.39, 0.29) is 11.7 Å². The summed E-state index contributed by atoms with van der Waals surface area (Å²) in [6.45, 7) is 2.61. The van der Waals surface area contributed by atoms with Crippen molar-refractivity contribution in [3.05, 3.63) is 41.4 Å². The maximum Gasteiger partial charge on any atom is 0.316 e. The Morgan fingerprint density at radius 1 is 1.33 bits per heavy atom. The molecule has 8 nitrogen and oxygen atoms in total. The van der Waals surface area contributed by atoms with Crippen molar-refractivity contribution in [2.75, 3.05) is 6.54 Å². The SMILES string of the molecule is CCCCNC(=O)c1nc(-c2cn(-c3ccc(Cl)cc3)nn2)no1. The normalized spacial score (nSPS) is 10.8. The van der Waals surface area contributed by atoms with Crippen LogP contribution in [0.25, 0.3) is 17.2 Å². The van der Waals surface area contributed by atoms with Crippen molar-refractivity contribution in [2.45, 2.75) is 19.8 Å². The summed E-state index contributed by atoms with van der Waals surface area (Å²) in [5.41, 5.74) is 1.19. The van der Waals surface area contributed by atoms with Gasteiger partial charge in [0.05, 0.1) is 11.9 Å². The number of halogens is 1. The van der Waals surface area contributed by atoms with Gasteiger partial charge in [-0.25, -0.2) is 4.68 Å². The van der Waals surface area contributed by atoms with Crippen molar-refractivity contribution in [3.8, 4) is 17.2 Å². The van der Waals surface area contributed by atoms with Crippen LogP contribution in [0.5, 0.6) is 0 Å². The number of nitrogens with one attached hydrogen (secondary N) is 1. The second-order valence-electron chi connectivity index (χ2n) is 5.06. The van der Waals surface area contributed by atoms with Crippen LogP contribution in [0.2, 0.25) is 5.02 Å². The van der Waals surface area contributed by atoms with Crippen LogP contribution in [-0.4, -0.2) is 37.6 Å². The third-order valence-electron chi connectivity index (χ3n) is 3.25. The van der Waals surface area contributed by atoms with Crippen LogP contribution in [0.4, 0.5) is 0 Å². The van der Waals surface area contributed by atoms with Crippen LogP contribution >= 0.6 is 11.6 Å². The molecule has 2 heterocycles. The van der Waals surface area contributed by atoms with Gasteiger partial charge >= 0.3 is 11.8 Å². The van der Waals surface area contributed by atoms with Gasteiger partial charge in [0.2, 0.25) is 5.82 Å². The molecule has 0 aliphatic heterocycles. The fraction of sp³-hybridized carbons (Fsp3) is 0.267. The summed E-state index contributed by atoms with van der Waals surface area (Å²) in [5.74, 6) is -0.287. The molecular formula is C15H15ClN6O2. The first-order valence-corrected chi connectivity index (χ1v) is 7.85. The van der Waals surface area contributed by atoms with Crippen molar-refractivity contribution in [1.29, 1.82) is 0 Å². The number of nitrogens with zero attached hydrogens (tertiary/aromatic N) is 5. The summed E-state index contributed by atoms with van der Waals surface area (Å²) in [4.78, 5) is 15.9. The van der Waals surface area contributed by atoms with Crippen LogP contribution in [0, 0.1) is 0 Å². The Morgan fingerprint density at radius 3 is 2.88 bits per heavy atom. The molecule has 0 unspecified atom stereocenters. The first-order chi connectivity index (χ1) is 11.7. The first kappa shape index (κ1) is 16.1. The van der Waals surface area contributed by atoms with Crippen molar-refractivity contribution in [1.82, 2.24) is 30.5 Å². The van der Waals surface area contributed by atoms with Gasteiger partial charge < -0.3 is 9.84 Å². The molecule has 0 fully saturated rings. The van der Waals surface area contributed by atoms with Crippen molar-refractivity contribution in [3.63, 3.8) is 0 Å². The summed E-state index contributed by atoms with van der Waals surface area (Å²) < 4.78 is 6.53. The lowest BCUT2D eigenvalue weighted by molar-refractivity contribution is 0.0909. The van der Waals surface area contributed by atoms with E-state index in [0.717, 1.165) is 18.5 Å². The lowest BCUT2D eigenvalue weighted by Gasteiger charge is -1.98. The maximum absolute atomic E-state index is 11.9. The Morgan fingerprint density at radius 2 is 2.12 bits per heavy atom. The van der Waals surface area contributed by atoms with Gasteiger partial charge in [0.25, 0.3) is 0 Å². The number of carbonyl (C=O) groups excluding carboxylic acids is 1. The zero-order chi connectivity index (χ0) is 16.9. The Bertz CT molecular complexity index is 827. The number of aromatic nitrogens is 5. The van der Waals surface area contributed by atoms with Gasteiger partial charge in [-0.05, 0) is 30.7 Å². The second kappa shape index (κ2) is 7.22. The van der Waals surface area contributed by atoms with Gasteiger partial charge in [0.15, 0.2) is 5.69 Å². The van der Waals surface area contributed by atoms with E-state index in [1.807, 2.05) is 19.1 Å². The largest absolute Gasteiger partial charge is 0.348 e. The molecule has 0 aliphatic rings. The smallest absolute Gasteiger partial charge is 0.316 e. The van der Waals surface area contributed by atoms with Crippen LogP contribution in [0.1, 0.15) is 30.5 Å². The van der Waals surface area contributed by atoms with E-state index >= 15 is 0 Å². The lowest BCUT2D eigenvalue weighted by Crippen LogP contribution is -2.24. The number of benzene rings is 1. The summed E-state index contributed by atoms with van der Waals surface area (Å²) >= 11 is 5.86. The van der Waals surface area contributed by atoms with Crippen LogP contribution < -0.4 is 5.32 Å². The highest BCUT2D eigenvalue weighted by Crippen LogP contribution is 2.16. The molecule has 3 rings (SSSR count). The van der Waals surface area contributed by atoms with Crippen molar-refractivity contribution >= 4 is 17.5 Å². The first-order valence-electron chi connectivity index (χ1n) is 7.48. The van der Waals surface area contributed by atoms with Crippen LogP contribution in [-0.2, 0) is 0 Å². The minimum atomic E-state index is -0.396. The average Bonchev–Trinajstić information content (AvgIpc) is 3.25. The zero-order valence-corrected chi connectivity index (χ0v) is 13.7. The molecule has 124 valence electrons. The summed E-state index contributed by atoms with van der Waals surface area (Å²) in [5, 5.41) is 15.1. The minimum absolute atomic E-state index is 0.0952. The second-order valence-corrected chi connectivity index (χ2v) is 5.49. The summed E-state index contributed by atoms with van der Waals surface area (Å²) in [6, 6.07) is 7.13. The van der Waals surface area contributed by atoms with E-state index in [4.69, 9.17) is 16.1 Å². The fourth-order valence-corrected chi connectivity index (χ4v) is 2.09. The number of amides is 1. The molecule has 0 saturated heterocycles. The predicted octanol–water partition coefficient (Wildman–Crippen LogP) is 2.50. The van der Waals surface area contributed by atoms with Crippen LogP contribution in [0.15, 0.2) is 35.0 Å². The van der Waals surface area contributed by atoms with E-state index in [0.29, 0.717) is 17.3 Å². The molecule has 0 atom stereocenters. The summed E-state index contributed by atoms with van der Waals surface area (Å²) in [6.07, 6.45) is 3.53. The number of carbonyl (C=O) groups is 1. The van der Waals surface area contributed by atoms with E-state index in [1.54, 1.807) is 23.0 Å². The molecule has 1 amide bonds. The number of rotatable bonds is 6. The molecule has 0 spiro atoms. The highest BCUT2D eigenvalue weighted by molar-refractivity contribution is 6.30. The molecule has 0 aliphatic carbocycles. The predicted molar refractivity (Wildman–Crippen MR) is 86.9 cm³/mol. The fourth-order valence-electron chi connectivity index (χ4n) is 1.96. The third kappa shape index (κ3) is 3.60. The molecule has 0 saturated carbocycles. The van der Waals surface area contributed by atoms with Gasteiger partial charge in [-0.3, -0.25) is 4.79 Å². The molecule has 0 bridgehead atoms. The Balaban J connectivity index is 1.74. The number of unbranched alkanes of at least 4 members (excludes halogenated alkanes) is 1. The van der Waals surface area contributed by atoms with E-state index < -0.39 is 5.91 Å². The highest BCUT2D eigenvalue weighted by atomic mass is 35.5. The molecular weight excluding hydrogens is 332 g/mol. The molecule has 3 aromatic rings. The van der Waals surface area contributed by atoms with E-state index in [1.165, 1.54) is 0 Å². The summed E-state index contributed by atoms with van der Waals surface area (Å²) in [7, 11) is 0. The number of hydrogen-bond acceptors (Lipinski definition) is 6. The van der Waals surface area contributed by atoms with E-state index in [9.17, 15) is 4.79 Å². The number of hydrogen-bond donors (Lipinski definition) is 1. The molecule has 1 aromatic carbocycles. The molecule has 0 radical (unpaired) electrons. The minimum Gasteiger partial charge on any atom is -0.348 e. The monoisotopic (exact) mass is 346 g/mol. The molecule has 2 aromatic heterocycles. The van der Waals surface area contributed by atoms with Gasteiger partial charge in [-0.15, -0.1) is 5.10 Å². The topological polar surface area (TPSA) is 98.7 Å². The van der Waals surface area contributed by atoms with Crippen molar-refractivity contribution in [2.24, 2.45) is 0 Å². The van der Waals surface area contributed by atoms with E-state index in [2.05, 4.69) is 25.8 Å². The van der Waals surface area contributed by atoms with Gasteiger partial charge in [0, 0.05) is 11.6 Å². The third-order valence-corrected chi connectivity index (χ3v) is 3.50. The van der Waals surface area contributed by atoms with Gasteiger partial charge in [0.1, 0.15) is 0 Å². The van der Waals surface area contributed by atoms with Crippen molar-refractivity contribution < 1.29 is 9.32 Å². The standard InChI is InChI=1S/C15H15ClN6O2/c1-2-3-8-17-14(23)15-18-13(20-24-15)12-9-22(21-19-12)11-6-4-10(16)5-7-11/h4-7,9H,2-3,8H2,1H3,(H,17,23). The Kier molecular flexibility index (Phi) is 4.85. The quantitative estimate of drug-likeness (QED) is 0.688. The average molecular weight is 347 g/mol. The van der Waals surface area contributed by atoms with Crippen LogP contribution in [0.3, 0.4) is 0 Å². The molecule has 1 N–H and O–H groups in total. The lowest BCUT2D eigenvalue weighted by atomic mass is 10.3. The highest BCUT2D eigenvalue weighted by Gasteiger charge is 2.17. The van der Waals surface area contributed by atoms with Gasteiger partial charge in [-0.2, -0.15) is 4.98 Å².